The van der Waals surface area contributed by atoms with Crippen molar-refractivity contribution in [2.75, 3.05) is 5.73 Å². The number of H-pyrrole nitrogens is 1. The first kappa shape index (κ1) is 19.5. The van der Waals surface area contributed by atoms with E-state index in [-0.39, 0.29) is 22.9 Å². The minimum Gasteiger partial charge on any atom is -0.456 e. The van der Waals surface area contributed by atoms with E-state index in [2.05, 4.69) is 21.5 Å². The number of nitrogen functional groups attached to an aromatic ring is 1. The second kappa shape index (κ2) is 7.43. The molecule has 1 fully saturated rings. The summed E-state index contributed by atoms with van der Waals surface area (Å²) < 4.78 is 18.3. The topological polar surface area (TPSA) is 151 Å². The maximum atomic E-state index is 12.2. The van der Waals surface area contributed by atoms with Crippen molar-refractivity contribution in [3.8, 4) is 0 Å². The largest absolute Gasteiger partial charge is 0.456 e. The van der Waals surface area contributed by atoms with Gasteiger partial charge in [-0.3, -0.25) is 23.9 Å². The Morgan fingerprint density at radius 1 is 1.29 bits per heavy atom. The molecule has 3 heterocycles. The number of esters is 2. The highest BCUT2D eigenvalue weighted by atomic mass is 16.6. The SMILES string of the molecule is C=Cc1nc2c(=O)[nH]c(N)nc2n1[C@@H]1O[C@H](CC)C(OC(C)=O)[C@@H]1OC(C)=O. The number of carbonyl (C=O) groups excluding carboxylic acids is 2. The van der Waals surface area contributed by atoms with Crippen molar-refractivity contribution in [3.05, 3.63) is 22.8 Å². The second-order valence-electron chi connectivity index (χ2n) is 6.29. The number of anilines is 1. The molecule has 4 atom stereocenters. The molecule has 0 aromatic carbocycles. The van der Waals surface area contributed by atoms with E-state index >= 15 is 0 Å². The van der Waals surface area contributed by atoms with Crippen LogP contribution in [0.4, 0.5) is 5.95 Å². The standard InChI is InChI=1S/C17H21N5O6/c1-5-9-12(26-7(3)23)13(27-8(4)24)16(28-9)22-10(6-2)19-11-14(22)20-17(18)21-15(11)25/h6,9,12-13,16H,2,5H2,1,3-4H3,(H3,18,20,21,25)/t9-,12?,13+,16-/m1/s1. The van der Waals surface area contributed by atoms with Crippen LogP contribution in [0.2, 0.25) is 0 Å². The maximum absolute atomic E-state index is 12.2. The van der Waals surface area contributed by atoms with Crippen molar-refractivity contribution >= 4 is 35.1 Å². The lowest BCUT2D eigenvalue weighted by Crippen LogP contribution is -2.38. The van der Waals surface area contributed by atoms with Gasteiger partial charge in [0.05, 0.1) is 0 Å². The number of nitrogens with one attached hydrogen (secondary N) is 1. The molecule has 0 radical (unpaired) electrons. The number of fused-ring (bicyclic) bond motifs is 1. The molecule has 11 heteroatoms. The number of aromatic amines is 1. The van der Waals surface area contributed by atoms with E-state index in [1.54, 1.807) is 0 Å². The van der Waals surface area contributed by atoms with Gasteiger partial charge < -0.3 is 19.9 Å². The molecule has 0 spiro atoms. The number of rotatable bonds is 5. The molecule has 2 aromatic heterocycles. The van der Waals surface area contributed by atoms with Crippen LogP contribution in [0.15, 0.2) is 11.4 Å². The molecule has 2 aromatic rings. The van der Waals surface area contributed by atoms with Crippen LogP contribution in [0, 0.1) is 0 Å². The van der Waals surface area contributed by atoms with Gasteiger partial charge in [0.15, 0.2) is 29.6 Å². The molecule has 28 heavy (non-hydrogen) atoms. The van der Waals surface area contributed by atoms with Gasteiger partial charge in [0.25, 0.3) is 5.56 Å². The van der Waals surface area contributed by atoms with Gasteiger partial charge in [-0.1, -0.05) is 13.5 Å². The molecule has 0 saturated carbocycles. The highest BCUT2D eigenvalue weighted by Crippen LogP contribution is 2.37. The number of ether oxygens (including phenoxy) is 3. The minimum absolute atomic E-state index is 0.0262. The third kappa shape index (κ3) is 3.36. The van der Waals surface area contributed by atoms with E-state index in [1.165, 1.54) is 24.5 Å². The fourth-order valence-corrected chi connectivity index (χ4v) is 3.31. The van der Waals surface area contributed by atoms with Crippen molar-refractivity contribution in [1.82, 2.24) is 19.5 Å². The molecule has 0 bridgehead atoms. The van der Waals surface area contributed by atoms with Crippen LogP contribution >= 0.6 is 0 Å². The Morgan fingerprint density at radius 3 is 2.50 bits per heavy atom. The summed E-state index contributed by atoms with van der Waals surface area (Å²) in [4.78, 5) is 46.2. The van der Waals surface area contributed by atoms with Crippen LogP contribution in [0.3, 0.4) is 0 Å². The van der Waals surface area contributed by atoms with Gasteiger partial charge in [0.1, 0.15) is 11.9 Å². The lowest BCUT2D eigenvalue weighted by Gasteiger charge is -2.24. The Hall–Kier alpha value is -3.21. The van der Waals surface area contributed by atoms with Gasteiger partial charge in [-0.05, 0) is 12.5 Å². The molecular formula is C17H21N5O6. The third-order valence-electron chi connectivity index (χ3n) is 4.33. The lowest BCUT2D eigenvalue weighted by atomic mass is 10.1. The van der Waals surface area contributed by atoms with Crippen LogP contribution in [0.1, 0.15) is 39.2 Å². The van der Waals surface area contributed by atoms with E-state index in [0.717, 1.165) is 0 Å². The Morgan fingerprint density at radius 2 is 1.93 bits per heavy atom. The van der Waals surface area contributed by atoms with E-state index in [0.29, 0.717) is 6.42 Å². The Bertz CT molecular complexity index is 996. The molecule has 1 aliphatic heterocycles. The van der Waals surface area contributed by atoms with Gasteiger partial charge in [-0.25, -0.2) is 4.98 Å². The van der Waals surface area contributed by atoms with Crippen LogP contribution in [0.5, 0.6) is 0 Å². The Labute approximate surface area is 159 Å². The van der Waals surface area contributed by atoms with Gasteiger partial charge in [0, 0.05) is 13.8 Å². The number of hydrogen-bond acceptors (Lipinski definition) is 9. The highest BCUT2D eigenvalue weighted by molar-refractivity contribution is 5.74. The molecule has 1 unspecified atom stereocenters. The van der Waals surface area contributed by atoms with Crippen LogP contribution in [0.25, 0.3) is 17.2 Å². The number of imidazole rings is 1. The number of nitrogens with two attached hydrogens (primary N) is 1. The molecule has 0 aliphatic carbocycles. The quantitative estimate of drug-likeness (QED) is 0.695. The molecule has 3 rings (SSSR count). The predicted octanol–water partition coefficient (Wildman–Crippen LogP) is 0.516. The number of nitrogens with zero attached hydrogens (tertiary/aromatic N) is 3. The number of aromatic nitrogens is 4. The molecule has 150 valence electrons. The summed E-state index contributed by atoms with van der Waals surface area (Å²) in [7, 11) is 0. The van der Waals surface area contributed by atoms with Gasteiger partial charge in [-0.15, -0.1) is 0 Å². The van der Waals surface area contributed by atoms with Crippen LogP contribution in [-0.2, 0) is 23.8 Å². The fourth-order valence-electron chi connectivity index (χ4n) is 3.31. The fraction of sp³-hybridized carbons (Fsp3) is 0.471. The van der Waals surface area contributed by atoms with E-state index in [4.69, 9.17) is 19.9 Å². The van der Waals surface area contributed by atoms with E-state index in [1.807, 2.05) is 6.92 Å². The summed E-state index contributed by atoms with van der Waals surface area (Å²) in [5, 5.41) is 0. The van der Waals surface area contributed by atoms with E-state index < -0.39 is 42.0 Å². The summed E-state index contributed by atoms with van der Waals surface area (Å²) >= 11 is 0. The van der Waals surface area contributed by atoms with Gasteiger partial charge >= 0.3 is 11.9 Å². The summed E-state index contributed by atoms with van der Waals surface area (Å²) in [5.74, 6) is -0.968. The Kier molecular flexibility index (Phi) is 5.18. The lowest BCUT2D eigenvalue weighted by molar-refractivity contribution is -0.165. The normalized spacial score (nSPS) is 24.2. The van der Waals surface area contributed by atoms with Crippen molar-refractivity contribution in [3.63, 3.8) is 0 Å². The molecule has 11 nitrogen and oxygen atoms in total. The van der Waals surface area contributed by atoms with Crippen molar-refractivity contribution in [2.45, 2.75) is 51.7 Å². The maximum Gasteiger partial charge on any atom is 0.303 e. The predicted molar refractivity (Wildman–Crippen MR) is 98.0 cm³/mol. The number of hydrogen-bond donors (Lipinski definition) is 2. The molecule has 1 saturated heterocycles. The highest BCUT2D eigenvalue weighted by Gasteiger charge is 2.50. The van der Waals surface area contributed by atoms with Crippen LogP contribution in [-0.4, -0.2) is 49.8 Å². The summed E-state index contributed by atoms with van der Waals surface area (Å²) in [6.45, 7) is 8.04. The molecule has 3 N–H and O–H groups in total. The van der Waals surface area contributed by atoms with E-state index in [9.17, 15) is 14.4 Å². The summed E-state index contributed by atoms with van der Waals surface area (Å²) in [6.07, 6.45) is -1.43. The molecule has 1 aliphatic rings. The minimum atomic E-state index is -0.982. The third-order valence-corrected chi connectivity index (χ3v) is 4.33. The van der Waals surface area contributed by atoms with Crippen LogP contribution < -0.4 is 11.3 Å². The molecular weight excluding hydrogens is 370 g/mol. The smallest absolute Gasteiger partial charge is 0.303 e. The first-order chi connectivity index (χ1) is 13.3. The zero-order valence-electron chi connectivity index (χ0n) is 15.7. The van der Waals surface area contributed by atoms with Gasteiger partial charge in [-0.2, -0.15) is 4.98 Å². The second-order valence-corrected chi connectivity index (χ2v) is 6.29. The first-order valence-electron chi connectivity index (χ1n) is 8.66. The monoisotopic (exact) mass is 391 g/mol. The average molecular weight is 391 g/mol. The zero-order chi connectivity index (χ0) is 20.6. The number of carbonyl (C=O) groups is 2. The molecule has 0 amide bonds. The van der Waals surface area contributed by atoms with Crippen molar-refractivity contribution in [1.29, 1.82) is 0 Å². The average Bonchev–Trinajstić information content (AvgIpc) is 3.12. The summed E-state index contributed by atoms with van der Waals surface area (Å²) in [5.41, 5.74) is 5.31. The zero-order valence-corrected chi connectivity index (χ0v) is 15.7. The summed E-state index contributed by atoms with van der Waals surface area (Å²) in [6, 6.07) is 0. The Balaban J connectivity index is 2.20. The first-order valence-corrected chi connectivity index (χ1v) is 8.66. The van der Waals surface area contributed by atoms with Crippen molar-refractivity contribution in [2.24, 2.45) is 0 Å². The van der Waals surface area contributed by atoms with Crippen molar-refractivity contribution < 1.29 is 23.8 Å². The van der Waals surface area contributed by atoms with Gasteiger partial charge in [0.2, 0.25) is 5.95 Å².